The molecule has 31 heavy (non-hydrogen) atoms. The fraction of sp³-hybridized carbons (Fsp3) is 0.571. The number of likely N-dealkylation sites (tertiary alicyclic amines) is 1. The molecule has 1 spiro atoms. The first-order chi connectivity index (χ1) is 14.7. The molecule has 0 radical (unpaired) electrons. The van der Waals surface area contributed by atoms with Crippen LogP contribution in [0, 0.1) is 11.8 Å². The summed E-state index contributed by atoms with van der Waals surface area (Å²) in [5.41, 5.74) is -0.670. The van der Waals surface area contributed by atoms with Gasteiger partial charge in [-0.3, -0.25) is 14.4 Å². The zero-order valence-corrected chi connectivity index (χ0v) is 19.4. The Hall–Kier alpha value is -1.68. The van der Waals surface area contributed by atoms with Gasteiger partial charge in [-0.05, 0) is 44.5 Å². The Morgan fingerprint density at radius 2 is 2.10 bits per heavy atom. The fourth-order valence-corrected chi connectivity index (χ4v) is 6.25. The number of hydrogen-bond acceptors (Lipinski definition) is 6. The minimum absolute atomic E-state index is 0.181. The van der Waals surface area contributed by atoms with E-state index < -0.39 is 47.5 Å². The summed E-state index contributed by atoms with van der Waals surface area (Å²) in [4.78, 5) is 40.9. The van der Waals surface area contributed by atoms with Gasteiger partial charge in [0.15, 0.2) is 0 Å². The summed E-state index contributed by atoms with van der Waals surface area (Å²) in [6.07, 6.45) is -0.178. The molecule has 2 amide bonds. The van der Waals surface area contributed by atoms with Crippen molar-refractivity contribution in [1.82, 2.24) is 4.90 Å². The Labute approximate surface area is 193 Å². The molecule has 1 aromatic rings. The maximum atomic E-state index is 13.5. The van der Waals surface area contributed by atoms with E-state index in [0.29, 0.717) is 17.1 Å². The molecule has 7 atom stereocenters. The van der Waals surface area contributed by atoms with Gasteiger partial charge in [0.25, 0.3) is 0 Å². The number of hydrogen-bond donors (Lipinski definition) is 2. The molecule has 0 aromatic heterocycles. The first-order valence-corrected chi connectivity index (χ1v) is 11.5. The zero-order valence-electron chi connectivity index (χ0n) is 17.1. The second kappa shape index (κ2) is 8.35. The SMILES string of the molecule is CCOC(=O)[C@H]1[C@H]2C(=O)N([C@H](C)CO)C(C(=O)Nc3ccc(Cl)cc3)C23CC(Br)[C@@H]1O3. The van der Waals surface area contributed by atoms with E-state index in [2.05, 4.69) is 21.2 Å². The van der Waals surface area contributed by atoms with E-state index in [4.69, 9.17) is 21.1 Å². The standard InChI is InChI=1S/C21H24BrClN2O6/c1-3-30-20(29)14-15-19(28)25(10(2)9-26)17(21(15)8-13(22)16(14)31-21)18(27)24-12-6-4-11(23)5-7-12/h4-7,10,13-17,26H,3,8-9H2,1-2H3,(H,24,27)/t10-,13?,14+,15+,16+,17?,21?/m1/s1. The maximum Gasteiger partial charge on any atom is 0.312 e. The van der Waals surface area contributed by atoms with Crippen LogP contribution in [0.1, 0.15) is 20.3 Å². The number of aliphatic hydroxyl groups is 1. The van der Waals surface area contributed by atoms with E-state index in [9.17, 15) is 19.5 Å². The summed E-state index contributed by atoms with van der Waals surface area (Å²) in [7, 11) is 0. The molecule has 3 fully saturated rings. The molecule has 8 nitrogen and oxygen atoms in total. The number of alkyl halides is 1. The quantitative estimate of drug-likeness (QED) is 0.443. The Balaban J connectivity index is 1.73. The lowest BCUT2D eigenvalue weighted by atomic mass is 9.70. The summed E-state index contributed by atoms with van der Waals surface area (Å²) >= 11 is 9.50. The number of ether oxygens (including phenoxy) is 2. The summed E-state index contributed by atoms with van der Waals surface area (Å²) in [5.74, 6) is -2.99. The highest BCUT2D eigenvalue weighted by Crippen LogP contribution is 2.60. The molecule has 4 rings (SSSR count). The number of rotatable bonds is 6. The Kier molecular flexibility index (Phi) is 6.06. The van der Waals surface area contributed by atoms with E-state index in [1.165, 1.54) is 4.90 Å². The van der Waals surface area contributed by atoms with Gasteiger partial charge in [0.05, 0.1) is 37.2 Å². The molecular weight excluding hydrogens is 492 g/mol. The number of nitrogens with one attached hydrogen (secondary N) is 1. The molecule has 10 heteroatoms. The van der Waals surface area contributed by atoms with E-state index in [-0.39, 0.29) is 23.9 Å². The van der Waals surface area contributed by atoms with Crippen molar-refractivity contribution < 1.29 is 29.0 Å². The molecule has 168 valence electrons. The van der Waals surface area contributed by atoms with Gasteiger partial charge in [-0.25, -0.2) is 0 Å². The molecule has 3 aliphatic heterocycles. The third-order valence-electron chi connectivity index (χ3n) is 6.39. The number of amides is 2. The first kappa shape index (κ1) is 22.5. The number of nitrogens with zero attached hydrogens (tertiary/aromatic N) is 1. The number of esters is 1. The number of halogens is 2. The second-order valence-corrected chi connectivity index (χ2v) is 9.80. The highest BCUT2D eigenvalue weighted by atomic mass is 79.9. The number of anilines is 1. The van der Waals surface area contributed by atoms with Crippen molar-refractivity contribution in [2.45, 2.75) is 48.9 Å². The van der Waals surface area contributed by atoms with Crippen LogP contribution < -0.4 is 5.32 Å². The van der Waals surface area contributed by atoms with Crippen molar-refractivity contribution >= 4 is 51.0 Å². The van der Waals surface area contributed by atoms with Gasteiger partial charge in [-0.15, -0.1) is 0 Å². The normalized spacial score (nSPS) is 34.5. The van der Waals surface area contributed by atoms with Crippen LogP contribution in [-0.4, -0.2) is 69.6 Å². The molecule has 3 unspecified atom stereocenters. The minimum atomic E-state index is -1.19. The highest BCUT2D eigenvalue weighted by molar-refractivity contribution is 9.09. The molecule has 3 heterocycles. The minimum Gasteiger partial charge on any atom is -0.466 e. The van der Waals surface area contributed by atoms with Gasteiger partial charge in [0.2, 0.25) is 11.8 Å². The van der Waals surface area contributed by atoms with Gasteiger partial charge in [-0.2, -0.15) is 0 Å². The molecule has 1 aromatic carbocycles. The molecule has 3 saturated heterocycles. The van der Waals surface area contributed by atoms with Crippen LogP contribution in [0.5, 0.6) is 0 Å². The molecule has 2 N–H and O–H groups in total. The van der Waals surface area contributed by atoms with E-state index in [1.807, 2.05) is 0 Å². The van der Waals surface area contributed by atoms with Gasteiger partial charge >= 0.3 is 5.97 Å². The zero-order chi connectivity index (χ0) is 22.5. The summed E-state index contributed by atoms with van der Waals surface area (Å²) in [6.45, 7) is 3.21. The van der Waals surface area contributed by atoms with Crippen LogP contribution in [0.2, 0.25) is 5.02 Å². The van der Waals surface area contributed by atoms with Gasteiger partial charge in [0, 0.05) is 15.5 Å². The summed E-state index contributed by atoms with van der Waals surface area (Å²) < 4.78 is 11.5. The van der Waals surface area contributed by atoms with Gasteiger partial charge in [-0.1, -0.05) is 27.5 Å². The maximum absolute atomic E-state index is 13.5. The Morgan fingerprint density at radius 1 is 1.42 bits per heavy atom. The summed E-state index contributed by atoms with van der Waals surface area (Å²) in [6, 6.07) is 4.98. The third-order valence-corrected chi connectivity index (χ3v) is 7.48. The smallest absolute Gasteiger partial charge is 0.312 e. The molecule has 3 aliphatic rings. The van der Waals surface area contributed by atoms with Crippen molar-refractivity contribution in [2.24, 2.45) is 11.8 Å². The molecule has 0 saturated carbocycles. The predicted octanol–water partition coefficient (Wildman–Crippen LogP) is 1.97. The number of benzene rings is 1. The number of carbonyl (C=O) groups is 3. The largest absolute Gasteiger partial charge is 0.466 e. The number of aliphatic hydroxyl groups excluding tert-OH is 1. The third kappa shape index (κ3) is 3.46. The van der Waals surface area contributed by atoms with Crippen molar-refractivity contribution in [2.75, 3.05) is 18.5 Å². The van der Waals surface area contributed by atoms with Crippen LogP contribution in [-0.2, 0) is 23.9 Å². The van der Waals surface area contributed by atoms with Crippen LogP contribution in [0.3, 0.4) is 0 Å². The average Bonchev–Trinajstić information content (AvgIpc) is 3.32. The summed E-state index contributed by atoms with van der Waals surface area (Å²) in [5, 5.41) is 13.2. The fourth-order valence-electron chi connectivity index (χ4n) is 5.18. The molecular formula is C21H24BrClN2O6. The van der Waals surface area contributed by atoms with E-state index >= 15 is 0 Å². The lowest BCUT2D eigenvalue weighted by Gasteiger charge is -2.35. The van der Waals surface area contributed by atoms with Crippen molar-refractivity contribution in [1.29, 1.82) is 0 Å². The van der Waals surface area contributed by atoms with Crippen LogP contribution in [0.25, 0.3) is 0 Å². The molecule has 0 aliphatic carbocycles. The monoisotopic (exact) mass is 514 g/mol. The first-order valence-electron chi connectivity index (χ1n) is 10.2. The Morgan fingerprint density at radius 3 is 2.71 bits per heavy atom. The Bertz CT molecular complexity index is 898. The average molecular weight is 516 g/mol. The second-order valence-electron chi connectivity index (χ2n) is 8.19. The van der Waals surface area contributed by atoms with Gasteiger partial charge in [0.1, 0.15) is 11.6 Å². The van der Waals surface area contributed by atoms with Crippen LogP contribution in [0.15, 0.2) is 24.3 Å². The highest BCUT2D eigenvalue weighted by Gasteiger charge is 2.77. The number of carbonyl (C=O) groups excluding carboxylic acids is 3. The van der Waals surface area contributed by atoms with Gasteiger partial charge < -0.3 is 24.8 Å². The lowest BCUT2D eigenvalue weighted by molar-refractivity contribution is -0.155. The van der Waals surface area contributed by atoms with Crippen LogP contribution in [0.4, 0.5) is 5.69 Å². The van der Waals surface area contributed by atoms with Crippen molar-refractivity contribution in [3.8, 4) is 0 Å². The van der Waals surface area contributed by atoms with Crippen LogP contribution >= 0.6 is 27.5 Å². The lowest BCUT2D eigenvalue weighted by Crippen LogP contribution is -2.56. The van der Waals surface area contributed by atoms with Crippen molar-refractivity contribution in [3.63, 3.8) is 0 Å². The predicted molar refractivity (Wildman–Crippen MR) is 116 cm³/mol. The molecule has 2 bridgehead atoms. The van der Waals surface area contributed by atoms with Crippen molar-refractivity contribution in [3.05, 3.63) is 29.3 Å². The topological polar surface area (TPSA) is 105 Å². The van der Waals surface area contributed by atoms with E-state index in [0.717, 1.165) is 0 Å². The number of fused-ring (bicyclic) bond motifs is 1. The van der Waals surface area contributed by atoms with E-state index in [1.54, 1.807) is 38.1 Å².